The van der Waals surface area contributed by atoms with E-state index in [0.29, 0.717) is 49.0 Å². The lowest BCUT2D eigenvalue weighted by Gasteiger charge is -2.41. The predicted octanol–water partition coefficient (Wildman–Crippen LogP) is 3.89. The van der Waals surface area contributed by atoms with Crippen LogP contribution in [0.1, 0.15) is 41.7 Å². The zero-order valence-corrected chi connectivity index (χ0v) is 19.4. The van der Waals surface area contributed by atoms with E-state index in [1.54, 1.807) is 22.6 Å². The number of halogens is 2. The summed E-state index contributed by atoms with van der Waals surface area (Å²) in [5.41, 5.74) is 0.768. The summed E-state index contributed by atoms with van der Waals surface area (Å²) < 4.78 is 27.0. The van der Waals surface area contributed by atoms with Crippen molar-refractivity contribution in [3.63, 3.8) is 0 Å². The van der Waals surface area contributed by atoms with Gasteiger partial charge in [0.25, 0.3) is 5.91 Å². The highest BCUT2D eigenvalue weighted by molar-refractivity contribution is 7.89. The number of rotatable bonds is 7. The summed E-state index contributed by atoms with van der Waals surface area (Å²) in [5, 5.41) is 3.74. The molecule has 2 aliphatic rings. The number of aromatic nitrogens is 1. The lowest BCUT2D eigenvalue weighted by Crippen LogP contribution is -2.51. The highest BCUT2D eigenvalue weighted by Gasteiger charge is 2.41. The zero-order chi connectivity index (χ0) is 22.1. The number of hydrogen-bond acceptors (Lipinski definition) is 4. The van der Waals surface area contributed by atoms with Gasteiger partial charge in [-0.2, -0.15) is 0 Å². The molecule has 2 heterocycles. The Balaban J connectivity index is 1.50. The van der Waals surface area contributed by atoms with Crippen LogP contribution < -0.4 is 5.32 Å². The van der Waals surface area contributed by atoms with E-state index in [4.69, 9.17) is 23.2 Å². The first kappa shape index (κ1) is 22.5. The normalized spacial score (nSPS) is 19.2. The van der Waals surface area contributed by atoms with Gasteiger partial charge in [0.2, 0.25) is 10.0 Å². The number of amides is 1. The van der Waals surface area contributed by atoms with Crippen LogP contribution in [0.15, 0.2) is 42.6 Å². The van der Waals surface area contributed by atoms with E-state index < -0.39 is 15.4 Å². The molecule has 1 N–H and O–H groups in total. The molecule has 1 saturated carbocycles. The fraction of sp³-hybridized carbons (Fsp3) is 0.455. The van der Waals surface area contributed by atoms with Gasteiger partial charge >= 0.3 is 0 Å². The first-order chi connectivity index (χ1) is 14.8. The van der Waals surface area contributed by atoms with E-state index in [1.807, 2.05) is 18.2 Å². The Hall–Kier alpha value is -1.67. The van der Waals surface area contributed by atoms with Gasteiger partial charge in [0.1, 0.15) is 0 Å². The number of piperidine rings is 1. The third-order valence-electron chi connectivity index (χ3n) is 6.19. The fourth-order valence-electron chi connectivity index (χ4n) is 4.10. The van der Waals surface area contributed by atoms with Gasteiger partial charge in [0.15, 0.2) is 0 Å². The van der Waals surface area contributed by atoms with Gasteiger partial charge < -0.3 is 5.32 Å². The predicted molar refractivity (Wildman–Crippen MR) is 122 cm³/mol. The zero-order valence-electron chi connectivity index (χ0n) is 17.1. The van der Waals surface area contributed by atoms with Crippen LogP contribution in [0.25, 0.3) is 0 Å². The van der Waals surface area contributed by atoms with Gasteiger partial charge in [0, 0.05) is 42.0 Å². The van der Waals surface area contributed by atoms with Crippen LogP contribution in [0.2, 0.25) is 10.0 Å². The Bertz CT molecular complexity index is 1050. The minimum atomic E-state index is -3.24. The molecule has 1 aromatic carbocycles. The molecule has 4 rings (SSSR count). The SMILES string of the molecule is O=C(NCC1(c2ccccn2)CCN(S(=O)(=O)CC2CC2)CC1)c1ccc(Cl)cc1Cl. The third kappa shape index (κ3) is 5.22. The maximum atomic E-state index is 12.8. The molecule has 0 bridgehead atoms. The van der Waals surface area contributed by atoms with Gasteiger partial charge in [-0.05, 0) is 61.9 Å². The van der Waals surface area contributed by atoms with Crippen molar-refractivity contribution in [2.75, 3.05) is 25.4 Å². The molecule has 1 aliphatic heterocycles. The molecule has 0 unspecified atom stereocenters. The molecule has 1 saturated heterocycles. The van der Waals surface area contributed by atoms with E-state index in [1.165, 1.54) is 6.07 Å². The Labute approximate surface area is 193 Å². The first-order valence-electron chi connectivity index (χ1n) is 10.4. The van der Waals surface area contributed by atoms with E-state index in [-0.39, 0.29) is 16.7 Å². The molecular formula is C22H25Cl2N3O3S. The number of sulfonamides is 1. The van der Waals surface area contributed by atoms with Crippen molar-refractivity contribution >= 4 is 39.1 Å². The van der Waals surface area contributed by atoms with Crippen molar-refractivity contribution in [3.8, 4) is 0 Å². The van der Waals surface area contributed by atoms with Crippen LogP contribution in [0.5, 0.6) is 0 Å². The van der Waals surface area contributed by atoms with E-state index in [9.17, 15) is 13.2 Å². The van der Waals surface area contributed by atoms with Crippen LogP contribution in [-0.2, 0) is 15.4 Å². The largest absolute Gasteiger partial charge is 0.351 e. The van der Waals surface area contributed by atoms with Crippen molar-refractivity contribution in [1.82, 2.24) is 14.6 Å². The molecule has 2 aromatic rings. The summed E-state index contributed by atoms with van der Waals surface area (Å²) in [4.78, 5) is 17.3. The smallest absolute Gasteiger partial charge is 0.252 e. The molecule has 0 radical (unpaired) electrons. The summed E-state index contributed by atoms with van der Waals surface area (Å²) in [7, 11) is -3.24. The monoisotopic (exact) mass is 481 g/mol. The summed E-state index contributed by atoms with van der Waals surface area (Å²) in [5.74, 6) is 0.270. The van der Waals surface area contributed by atoms with Crippen molar-refractivity contribution in [3.05, 3.63) is 63.9 Å². The minimum Gasteiger partial charge on any atom is -0.351 e. The lowest BCUT2D eigenvalue weighted by atomic mass is 9.75. The highest BCUT2D eigenvalue weighted by atomic mass is 35.5. The molecule has 1 aromatic heterocycles. The molecule has 1 amide bonds. The van der Waals surface area contributed by atoms with Crippen LogP contribution in [-0.4, -0.2) is 49.0 Å². The summed E-state index contributed by atoms with van der Waals surface area (Å²) in [6.07, 6.45) is 4.91. The standard InChI is InChI=1S/C22H25Cl2N3O3S/c23-17-6-7-18(19(24)13-17)21(28)26-15-22(20-3-1-2-10-25-20)8-11-27(12-9-22)31(29,30)14-16-4-5-16/h1-3,6-7,10,13,16H,4-5,8-9,11-12,14-15H2,(H,26,28). The molecule has 0 spiro atoms. The number of carbonyl (C=O) groups is 1. The lowest BCUT2D eigenvalue weighted by molar-refractivity contribution is 0.0932. The van der Waals surface area contributed by atoms with E-state index in [0.717, 1.165) is 18.5 Å². The van der Waals surface area contributed by atoms with E-state index in [2.05, 4.69) is 10.3 Å². The second-order valence-electron chi connectivity index (χ2n) is 8.42. The second kappa shape index (κ2) is 9.06. The van der Waals surface area contributed by atoms with Gasteiger partial charge in [-0.15, -0.1) is 0 Å². The average molecular weight is 482 g/mol. The quantitative estimate of drug-likeness (QED) is 0.650. The third-order valence-corrected chi connectivity index (χ3v) is 8.78. The van der Waals surface area contributed by atoms with Gasteiger partial charge in [0.05, 0.1) is 16.3 Å². The van der Waals surface area contributed by atoms with Crippen molar-refractivity contribution in [2.45, 2.75) is 31.1 Å². The molecule has 1 aliphatic carbocycles. The minimum absolute atomic E-state index is 0.245. The molecule has 31 heavy (non-hydrogen) atoms. The molecule has 166 valence electrons. The van der Waals surface area contributed by atoms with Crippen LogP contribution in [0, 0.1) is 5.92 Å². The molecule has 6 nitrogen and oxygen atoms in total. The topological polar surface area (TPSA) is 79.4 Å². The molecule has 0 atom stereocenters. The van der Waals surface area contributed by atoms with E-state index >= 15 is 0 Å². The van der Waals surface area contributed by atoms with Crippen LogP contribution in [0.3, 0.4) is 0 Å². The highest BCUT2D eigenvalue weighted by Crippen LogP contribution is 2.37. The number of pyridine rings is 1. The number of carbonyl (C=O) groups excluding carboxylic acids is 1. The van der Waals surface area contributed by atoms with Crippen molar-refractivity contribution < 1.29 is 13.2 Å². The molecular weight excluding hydrogens is 457 g/mol. The Morgan fingerprint density at radius 2 is 1.90 bits per heavy atom. The van der Waals surface area contributed by atoms with Crippen LogP contribution >= 0.6 is 23.2 Å². The summed E-state index contributed by atoms with van der Waals surface area (Å²) in [6.45, 7) is 1.19. The van der Waals surface area contributed by atoms with Crippen LogP contribution in [0.4, 0.5) is 0 Å². The molecule has 9 heteroatoms. The number of hydrogen-bond donors (Lipinski definition) is 1. The maximum absolute atomic E-state index is 12.8. The average Bonchev–Trinajstić information content (AvgIpc) is 3.56. The Morgan fingerprint density at radius 1 is 1.16 bits per heavy atom. The number of benzene rings is 1. The second-order valence-corrected chi connectivity index (χ2v) is 11.3. The maximum Gasteiger partial charge on any atom is 0.252 e. The van der Waals surface area contributed by atoms with Gasteiger partial charge in [-0.1, -0.05) is 29.3 Å². The van der Waals surface area contributed by atoms with Gasteiger partial charge in [-0.25, -0.2) is 12.7 Å². The number of nitrogens with one attached hydrogen (secondary N) is 1. The molecule has 2 fully saturated rings. The summed E-state index contributed by atoms with van der Waals surface area (Å²) in [6, 6.07) is 10.5. The first-order valence-corrected chi connectivity index (χ1v) is 12.8. The van der Waals surface area contributed by atoms with Gasteiger partial charge in [-0.3, -0.25) is 9.78 Å². The Kier molecular flexibility index (Phi) is 6.58. The number of nitrogens with zero attached hydrogens (tertiary/aromatic N) is 2. The Morgan fingerprint density at radius 3 is 2.52 bits per heavy atom. The van der Waals surface area contributed by atoms with Crippen molar-refractivity contribution in [2.24, 2.45) is 5.92 Å². The summed E-state index contributed by atoms with van der Waals surface area (Å²) >= 11 is 12.1. The fourth-order valence-corrected chi connectivity index (χ4v) is 6.47. The van der Waals surface area contributed by atoms with Crippen molar-refractivity contribution in [1.29, 1.82) is 0 Å².